The van der Waals surface area contributed by atoms with E-state index in [0.717, 1.165) is 0 Å². The first-order valence-corrected chi connectivity index (χ1v) is 7.89. The van der Waals surface area contributed by atoms with Gasteiger partial charge in [0.05, 0.1) is 0 Å². The maximum absolute atomic E-state index is 11.7. The van der Waals surface area contributed by atoms with Crippen LogP contribution in [-0.4, -0.2) is 39.3 Å². The molecule has 6 heteroatoms. The minimum absolute atomic E-state index is 0.274. The van der Waals surface area contributed by atoms with Gasteiger partial charge in [0, 0.05) is 25.5 Å². The Morgan fingerprint density at radius 2 is 2.17 bits per heavy atom. The molecular weight excluding hydrogens is 250 g/mol. The summed E-state index contributed by atoms with van der Waals surface area (Å²) in [6, 6.07) is 3.23. The van der Waals surface area contributed by atoms with Crippen LogP contribution in [0.5, 0.6) is 0 Å². The molecule has 0 radical (unpaired) electrons. The molecule has 0 saturated heterocycles. The van der Waals surface area contributed by atoms with Crippen LogP contribution >= 0.6 is 0 Å². The molecule has 0 aliphatic heterocycles. The van der Waals surface area contributed by atoms with Gasteiger partial charge < -0.3 is 10.6 Å². The lowest BCUT2D eigenvalue weighted by atomic mass is 10.1. The molecule has 1 rings (SSSR count). The Morgan fingerprint density at radius 3 is 2.67 bits per heavy atom. The number of hydrogen-bond acceptors (Lipinski definition) is 5. The van der Waals surface area contributed by atoms with Gasteiger partial charge in [-0.3, -0.25) is 0 Å². The molecule has 0 fully saturated rings. The monoisotopic (exact) mass is 271 g/mol. The molecule has 1 aromatic rings. The highest BCUT2D eigenvalue weighted by atomic mass is 32.2. The standard InChI is InChI=1S/C12H21N3O2S/c1-4-15(9-10(2)8-13)12-11(18(3,16)17)6-5-7-14-12/h5-7,10H,4,8-9,13H2,1-3H3. The first-order chi connectivity index (χ1) is 8.40. The van der Waals surface area contributed by atoms with Crippen LogP contribution in [0.4, 0.5) is 5.82 Å². The number of rotatable bonds is 6. The maximum atomic E-state index is 11.7. The van der Waals surface area contributed by atoms with Gasteiger partial charge in [-0.1, -0.05) is 6.92 Å². The summed E-state index contributed by atoms with van der Waals surface area (Å²) in [6.07, 6.45) is 2.81. The Hall–Kier alpha value is -1.14. The predicted molar refractivity (Wildman–Crippen MR) is 73.5 cm³/mol. The van der Waals surface area contributed by atoms with Crippen LogP contribution in [-0.2, 0) is 9.84 Å². The first kappa shape index (κ1) is 14.9. The van der Waals surface area contributed by atoms with Crippen molar-refractivity contribution in [2.45, 2.75) is 18.7 Å². The Kier molecular flexibility index (Phi) is 5.10. The maximum Gasteiger partial charge on any atom is 0.179 e. The number of nitrogens with zero attached hydrogens (tertiary/aromatic N) is 2. The molecule has 18 heavy (non-hydrogen) atoms. The van der Waals surface area contributed by atoms with Crippen LogP contribution in [0.15, 0.2) is 23.2 Å². The normalized spacial score (nSPS) is 13.3. The van der Waals surface area contributed by atoms with Crippen LogP contribution in [0, 0.1) is 5.92 Å². The highest BCUT2D eigenvalue weighted by Gasteiger charge is 2.19. The van der Waals surface area contributed by atoms with Crippen molar-refractivity contribution in [2.24, 2.45) is 11.7 Å². The zero-order valence-corrected chi connectivity index (χ0v) is 11.9. The number of hydrogen-bond donors (Lipinski definition) is 1. The van der Waals surface area contributed by atoms with Crippen molar-refractivity contribution in [2.75, 3.05) is 30.8 Å². The molecule has 0 saturated carbocycles. The topological polar surface area (TPSA) is 76.3 Å². The molecule has 2 N–H and O–H groups in total. The molecule has 1 aromatic heterocycles. The molecule has 0 bridgehead atoms. The fraction of sp³-hybridized carbons (Fsp3) is 0.583. The average Bonchev–Trinajstić information content (AvgIpc) is 2.34. The number of anilines is 1. The van der Waals surface area contributed by atoms with Crippen LogP contribution in [0.1, 0.15) is 13.8 Å². The minimum Gasteiger partial charge on any atom is -0.356 e. The van der Waals surface area contributed by atoms with Crippen LogP contribution in [0.2, 0.25) is 0 Å². The van der Waals surface area contributed by atoms with Crippen molar-refractivity contribution in [1.29, 1.82) is 0 Å². The highest BCUT2D eigenvalue weighted by molar-refractivity contribution is 7.90. The number of pyridine rings is 1. The average molecular weight is 271 g/mol. The molecule has 0 aliphatic carbocycles. The molecule has 0 spiro atoms. The second-order valence-corrected chi connectivity index (χ2v) is 6.46. The van der Waals surface area contributed by atoms with E-state index in [-0.39, 0.29) is 4.90 Å². The summed E-state index contributed by atoms with van der Waals surface area (Å²) in [7, 11) is -3.27. The van der Waals surface area contributed by atoms with Crippen LogP contribution in [0.3, 0.4) is 0 Å². The van der Waals surface area contributed by atoms with Gasteiger partial charge in [0.15, 0.2) is 9.84 Å². The van der Waals surface area contributed by atoms with E-state index < -0.39 is 9.84 Å². The summed E-state index contributed by atoms with van der Waals surface area (Å²) < 4.78 is 23.5. The Morgan fingerprint density at radius 1 is 1.50 bits per heavy atom. The third-order valence-electron chi connectivity index (χ3n) is 2.77. The van der Waals surface area contributed by atoms with E-state index in [1.807, 2.05) is 18.7 Å². The SMILES string of the molecule is CCN(CC(C)CN)c1ncccc1S(C)(=O)=O. The van der Waals surface area contributed by atoms with Crippen molar-refractivity contribution in [3.8, 4) is 0 Å². The molecule has 1 heterocycles. The Bertz CT molecular complexity index is 488. The zero-order valence-electron chi connectivity index (χ0n) is 11.1. The van der Waals surface area contributed by atoms with Gasteiger partial charge in [0.1, 0.15) is 10.7 Å². The second kappa shape index (κ2) is 6.15. The van der Waals surface area contributed by atoms with Gasteiger partial charge in [-0.15, -0.1) is 0 Å². The zero-order chi connectivity index (χ0) is 13.8. The molecule has 1 unspecified atom stereocenters. The number of nitrogens with two attached hydrogens (primary N) is 1. The van der Waals surface area contributed by atoms with Crippen LogP contribution in [0.25, 0.3) is 0 Å². The third kappa shape index (κ3) is 3.68. The van der Waals surface area contributed by atoms with Gasteiger partial charge in [-0.25, -0.2) is 13.4 Å². The molecule has 0 aromatic carbocycles. The van der Waals surface area contributed by atoms with E-state index in [4.69, 9.17) is 5.73 Å². The van der Waals surface area contributed by atoms with Gasteiger partial charge in [-0.05, 0) is 31.5 Å². The fourth-order valence-corrected chi connectivity index (χ4v) is 2.56. The number of sulfone groups is 1. The molecule has 0 amide bonds. The van der Waals surface area contributed by atoms with Gasteiger partial charge in [-0.2, -0.15) is 0 Å². The van der Waals surface area contributed by atoms with Gasteiger partial charge >= 0.3 is 0 Å². The molecule has 102 valence electrons. The quantitative estimate of drug-likeness (QED) is 0.832. The summed E-state index contributed by atoms with van der Waals surface area (Å²) in [4.78, 5) is 6.44. The van der Waals surface area contributed by atoms with E-state index in [2.05, 4.69) is 4.98 Å². The Balaban J connectivity index is 3.14. The number of aromatic nitrogens is 1. The largest absolute Gasteiger partial charge is 0.356 e. The summed E-state index contributed by atoms with van der Waals surface area (Å²) >= 11 is 0. The van der Waals surface area contributed by atoms with E-state index in [1.165, 1.54) is 6.26 Å². The smallest absolute Gasteiger partial charge is 0.179 e. The third-order valence-corrected chi connectivity index (χ3v) is 3.88. The Labute approximate surface area is 109 Å². The van der Waals surface area contributed by atoms with Gasteiger partial charge in [0.2, 0.25) is 0 Å². The summed E-state index contributed by atoms with van der Waals surface area (Å²) in [5, 5.41) is 0. The van der Waals surface area contributed by atoms with Crippen molar-refractivity contribution < 1.29 is 8.42 Å². The van der Waals surface area contributed by atoms with Crippen LogP contribution < -0.4 is 10.6 Å². The van der Waals surface area contributed by atoms with Crippen molar-refractivity contribution >= 4 is 15.7 Å². The molecule has 1 atom stereocenters. The fourth-order valence-electron chi connectivity index (χ4n) is 1.73. The summed E-state index contributed by atoms with van der Waals surface area (Å²) in [5.41, 5.74) is 5.61. The lowest BCUT2D eigenvalue weighted by Gasteiger charge is -2.26. The minimum atomic E-state index is -3.27. The predicted octanol–water partition coefficient (Wildman–Crippen LogP) is 0.906. The summed E-state index contributed by atoms with van der Waals surface area (Å²) in [5.74, 6) is 0.808. The first-order valence-electron chi connectivity index (χ1n) is 6.00. The second-order valence-electron chi connectivity index (χ2n) is 4.48. The van der Waals surface area contributed by atoms with E-state index in [1.54, 1.807) is 18.3 Å². The molecular formula is C12H21N3O2S. The van der Waals surface area contributed by atoms with E-state index in [0.29, 0.717) is 31.4 Å². The van der Waals surface area contributed by atoms with Crippen molar-refractivity contribution in [3.05, 3.63) is 18.3 Å². The lowest BCUT2D eigenvalue weighted by Crippen LogP contribution is -2.33. The van der Waals surface area contributed by atoms with Crippen molar-refractivity contribution in [1.82, 2.24) is 4.98 Å². The lowest BCUT2D eigenvalue weighted by molar-refractivity contribution is 0.568. The molecule has 5 nitrogen and oxygen atoms in total. The van der Waals surface area contributed by atoms with Gasteiger partial charge in [0.25, 0.3) is 0 Å². The van der Waals surface area contributed by atoms with Crippen molar-refractivity contribution in [3.63, 3.8) is 0 Å². The van der Waals surface area contributed by atoms with E-state index in [9.17, 15) is 8.42 Å². The van der Waals surface area contributed by atoms with E-state index >= 15 is 0 Å². The summed E-state index contributed by atoms with van der Waals surface area (Å²) in [6.45, 7) is 5.98. The molecule has 0 aliphatic rings. The highest BCUT2D eigenvalue weighted by Crippen LogP contribution is 2.22.